The van der Waals surface area contributed by atoms with Gasteiger partial charge in [-0.2, -0.15) is 0 Å². The molecule has 30 heavy (non-hydrogen) atoms. The molecule has 0 aliphatic carbocycles. The molecule has 0 heterocycles. The van der Waals surface area contributed by atoms with E-state index in [0.29, 0.717) is 30.2 Å². The molecule has 0 saturated heterocycles. The first-order valence-electron chi connectivity index (χ1n) is 8.74. The third kappa shape index (κ3) is 5.61. The molecule has 2 aromatic rings. The fraction of sp³-hybridized carbons (Fsp3) is 0.333. The number of nitrogens with zero attached hydrogens (tertiary/aromatic N) is 2. The number of halogens is 4. The van der Waals surface area contributed by atoms with Gasteiger partial charge >= 0.3 is 0 Å². The summed E-state index contributed by atoms with van der Waals surface area (Å²) in [5, 5.41) is 24.2. The molecular weight excluding hydrogens is 692 g/mol. The average Bonchev–Trinajstić information content (AvgIpc) is 2.64. The average molecular weight is 708 g/mol. The summed E-state index contributed by atoms with van der Waals surface area (Å²) < 4.78 is 1.80. The standard InChI is InChI=1S/C18H16Br4N2O4S2/c1-3-5-29-17-11(21)7-9(19)15(23(25)26)13(17)14-16(24(27)28)10(20)8-12(22)18(14)30-6-4-2/h7-8H,3-6H2,1-2H3. The normalized spacial score (nSPS) is 11.0. The predicted molar refractivity (Wildman–Crippen MR) is 138 cm³/mol. The second-order valence-electron chi connectivity index (χ2n) is 6.00. The van der Waals surface area contributed by atoms with Crippen LogP contribution in [0.25, 0.3) is 11.1 Å². The Kier molecular flexibility index (Phi) is 10.1. The van der Waals surface area contributed by atoms with Gasteiger partial charge in [-0.05, 0) is 100 Å². The molecule has 0 saturated carbocycles. The largest absolute Gasteiger partial charge is 0.292 e. The lowest BCUT2D eigenvalue weighted by molar-refractivity contribution is -0.387. The number of rotatable bonds is 9. The van der Waals surface area contributed by atoms with Gasteiger partial charge in [-0.1, -0.05) is 13.8 Å². The Labute approximate surface area is 216 Å². The van der Waals surface area contributed by atoms with Crippen LogP contribution in [0.5, 0.6) is 0 Å². The fourth-order valence-electron chi connectivity index (χ4n) is 2.69. The third-order valence-electron chi connectivity index (χ3n) is 3.84. The van der Waals surface area contributed by atoms with Crippen molar-refractivity contribution in [1.82, 2.24) is 0 Å². The second-order valence-corrected chi connectivity index (χ2v) is 11.6. The summed E-state index contributed by atoms with van der Waals surface area (Å²) in [7, 11) is 0. The van der Waals surface area contributed by atoms with Gasteiger partial charge in [0, 0.05) is 18.7 Å². The van der Waals surface area contributed by atoms with E-state index in [1.807, 2.05) is 13.8 Å². The van der Waals surface area contributed by atoms with Gasteiger partial charge in [0.25, 0.3) is 11.4 Å². The molecule has 0 radical (unpaired) electrons. The van der Waals surface area contributed by atoms with E-state index in [-0.39, 0.29) is 31.4 Å². The molecule has 0 aromatic heterocycles. The van der Waals surface area contributed by atoms with Crippen LogP contribution in [0.15, 0.2) is 39.8 Å². The van der Waals surface area contributed by atoms with Gasteiger partial charge in [-0.3, -0.25) is 20.2 Å². The van der Waals surface area contributed by atoms with E-state index in [9.17, 15) is 20.2 Å². The molecule has 162 valence electrons. The molecule has 12 heteroatoms. The highest BCUT2D eigenvalue weighted by Crippen LogP contribution is 2.54. The number of hydrogen-bond acceptors (Lipinski definition) is 6. The topological polar surface area (TPSA) is 86.3 Å². The highest BCUT2D eigenvalue weighted by Gasteiger charge is 2.35. The summed E-state index contributed by atoms with van der Waals surface area (Å²) in [6.45, 7) is 4.02. The molecule has 0 unspecified atom stereocenters. The Morgan fingerprint density at radius 1 is 0.733 bits per heavy atom. The lowest BCUT2D eigenvalue weighted by atomic mass is 10.0. The SMILES string of the molecule is CCCSc1c(Br)cc(Br)c([N+](=O)[O-])c1-c1c(SCCC)c(Br)cc(Br)c1[N+](=O)[O-]. The van der Waals surface area contributed by atoms with Crippen LogP contribution in [-0.4, -0.2) is 21.4 Å². The minimum absolute atomic E-state index is 0.191. The zero-order valence-corrected chi connectivity index (χ0v) is 23.8. The number of hydrogen-bond donors (Lipinski definition) is 0. The summed E-state index contributed by atoms with van der Waals surface area (Å²) >= 11 is 16.5. The molecule has 0 atom stereocenters. The Balaban J connectivity index is 3.11. The van der Waals surface area contributed by atoms with Gasteiger partial charge in [0.1, 0.15) is 0 Å². The van der Waals surface area contributed by atoms with Crippen LogP contribution in [0.1, 0.15) is 26.7 Å². The first-order valence-corrected chi connectivity index (χ1v) is 13.9. The van der Waals surface area contributed by atoms with Crippen LogP contribution < -0.4 is 0 Å². The van der Waals surface area contributed by atoms with Crippen molar-refractivity contribution in [1.29, 1.82) is 0 Å². The van der Waals surface area contributed by atoms with Gasteiger partial charge in [0.2, 0.25) is 0 Å². The summed E-state index contributed by atoms with van der Waals surface area (Å²) in [4.78, 5) is 24.4. The number of thioether (sulfide) groups is 2. The Bertz CT molecular complexity index is 926. The first kappa shape index (κ1) is 26.1. The van der Waals surface area contributed by atoms with Crippen molar-refractivity contribution in [2.45, 2.75) is 36.5 Å². The van der Waals surface area contributed by atoms with Crippen LogP contribution in [0.3, 0.4) is 0 Å². The molecule has 0 aliphatic heterocycles. The predicted octanol–water partition coefficient (Wildman–Crippen LogP) is 9.22. The van der Waals surface area contributed by atoms with Crippen LogP contribution in [0.2, 0.25) is 0 Å². The first-order chi connectivity index (χ1) is 14.1. The van der Waals surface area contributed by atoms with Crippen LogP contribution >= 0.6 is 87.2 Å². The van der Waals surface area contributed by atoms with Gasteiger partial charge in [-0.25, -0.2) is 0 Å². The van der Waals surface area contributed by atoms with E-state index in [2.05, 4.69) is 63.7 Å². The molecule has 0 spiro atoms. The van der Waals surface area contributed by atoms with Gasteiger partial charge in [-0.15, -0.1) is 23.5 Å². The van der Waals surface area contributed by atoms with E-state index in [1.165, 1.54) is 23.5 Å². The quantitative estimate of drug-likeness (QED) is 0.147. The van der Waals surface area contributed by atoms with E-state index in [1.54, 1.807) is 12.1 Å². The van der Waals surface area contributed by atoms with E-state index < -0.39 is 9.85 Å². The highest BCUT2D eigenvalue weighted by molar-refractivity contribution is 9.11. The van der Waals surface area contributed by atoms with Crippen LogP contribution in [0, 0.1) is 20.2 Å². The molecule has 6 nitrogen and oxygen atoms in total. The summed E-state index contributed by atoms with van der Waals surface area (Å²) in [5.74, 6) is 1.43. The smallest absolute Gasteiger partial charge is 0.258 e. The molecule has 0 N–H and O–H groups in total. The monoisotopic (exact) mass is 704 g/mol. The van der Waals surface area contributed by atoms with Crippen molar-refractivity contribution < 1.29 is 9.85 Å². The molecule has 0 fully saturated rings. The van der Waals surface area contributed by atoms with Crippen LogP contribution in [-0.2, 0) is 0 Å². The van der Waals surface area contributed by atoms with E-state index >= 15 is 0 Å². The van der Waals surface area contributed by atoms with Crippen molar-refractivity contribution in [2.75, 3.05) is 11.5 Å². The maximum atomic E-state index is 12.1. The number of nitro benzene ring substituents is 2. The van der Waals surface area contributed by atoms with Crippen molar-refractivity contribution in [3.8, 4) is 11.1 Å². The highest BCUT2D eigenvalue weighted by atomic mass is 79.9. The third-order valence-corrected chi connectivity index (χ3v) is 9.47. The molecule has 0 bridgehead atoms. The molecule has 0 amide bonds. The second kappa shape index (κ2) is 11.6. The molecule has 2 aromatic carbocycles. The zero-order chi connectivity index (χ0) is 22.6. The molecule has 0 aliphatic rings. The number of nitro groups is 2. The van der Waals surface area contributed by atoms with Crippen molar-refractivity contribution in [3.63, 3.8) is 0 Å². The van der Waals surface area contributed by atoms with Crippen molar-refractivity contribution in [2.24, 2.45) is 0 Å². The van der Waals surface area contributed by atoms with Gasteiger partial charge < -0.3 is 0 Å². The Morgan fingerprint density at radius 3 is 1.33 bits per heavy atom. The number of benzene rings is 2. The van der Waals surface area contributed by atoms with E-state index in [4.69, 9.17) is 0 Å². The van der Waals surface area contributed by atoms with Crippen molar-refractivity contribution in [3.05, 3.63) is 50.3 Å². The van der Waals surface area contributed by atoms with E-state index in [0.717, 1.165) is 12.8 Å². The summed E-state index contributed by atoms with van der Waals surface area (Å²) in [6, 6.07) is 3.24. The molecule has 2 rings (SSSR count). The van der Waals surface area contributed by atoms with Crippen LogP contribution in [0.4, 0.5) is 11.4 Å². The Hall–Kier alpha value is -0.140. The zero-order valence-electron chi connectivity index (χ0n) is 15.8. The van der Waals surface area contributed by atoms with Gasteiger partial charge in [0.05, 0.1) is 29.9 Å². The Morgan fingerprint density at radius 2 is 1.07 bits per heavy atom. The minimum Gasteiger partial charge on any atom is -0.258 e. The molecular formula is C18H16Br4N2O4S2. The van der Waals surface area contributed by atoms with Crippen molar-refractivity contribution >= 4 is 98.6 Å². The summed E-state index contributed by atoms with van der Waals surface area (Å²) in [5.41, 5.74) is 0.102. The minimum atomic E-state index is -0.491. The van der Waals surface area contributed by atoms with Gasteiger partial charge in [0.15, 0.2) is 0 Å². The maximum absolute atomic E-state index is 12.1. The lowest BCUT2D eigenvalue weighted by Gasteiger charge is -2.18. The maximum Gasteiger partial charge on any atom is 0.292 e. The lowest BCUT2D eigenvalue weighted by Crippen LogP contribution is -2.03. The summed E-state index contributed by atoms with van der Waals surface area (Å²) in [6.07, 6.45) is 1.70. The fourth-order valence-corrected chi connectivity index (χ4v) is 7.89.